The van der Waals surface area contributed by atoms with E-state index in [1.165, 1.54) is 5.69 Å². The van der Waals surface area contributed by atoms with Gasteiger partial charge < -0.3 is 14.6 Å². The molecule has 1 atom stereocenters. The van der Waals surface area contributed by atoms with Crippen molar-refractivity contribution in [3.63, 3.8) is 0 Å². The lowest BCUT2D eigenvalue weighted by Crippen LogP contribution is -2.17. The molecule has 1 rings (SSSR count). The van der Waals surface area contributed by atoms with Gasteiger partial charge in [0.2, 0.25) is 0 Å². The molecular weight excluding hydrogens is 188 g/mol. The number of ether oxygens (including phenoxy) is 1. The number of aryl methyl sites for hydroxylation is 1. The molecule has 3 heteroatoms. The summed E-state index contributed by atoms with van der Waals surface area (Å²) in [5.41, 5.74) is 1.34. The molecule has 0 aliphatic heterocycles. The van der Waals surface area contributed by atoms with Crippen molar-refractivity contribution in [2.75, 3.05) is 20.3 Å². The van der Waals surface area contributed by atoms with Crippen LogP contribution in [0.4, 0.5) is 0 Å². The first-order chi connectivity index (χ1) is 7.29. The number of hydrogen-bond acceptors (Lipinski definition) is 2. The van der Waals surface area contributed by atoms with E-state index in [1.54, 1.807) is 0 Å². The van der Waals surface area contributed by atoms with E-state index in [2.05, 4.69) is 35.1 Å². The van der Waals surface area contributed by atoms with Crippen molar-refractivity contribution in [3.05, 3.63) is 24.0 Å². The highest BCUT2D eigenvalue weighted by molar-refractivity contribution is 5.11. The average molecular weight is 210 g/mol. The molecular formula is C12H22N2O. The first-order valence-electron chi connectivity index (χ1n) is 5.69. The number of aromatic nitrogens is 1. The summed E-state index contributed by atoms with van der Waals surface area (Å²) >= 11 is 0. The minimum absolute atomic E-state index is 0.409. The van der Waals surface area contributed by atoms with E-state index in [4.69, 9.17) is 4.74 Å². The van der Waals surface area contributed by atoms with Gasteiger partial charge in [-0.05, 0) is 39.4 Å². The summed E-state index contributed by atoms with van der Waals surface area (Å²) in [5, 5.41) is 3.26. The molecule has 1 aromatic rings. The molecule has 15 heavy (non-hydrogen) atoms. The Hall–Kier alpha value is -0.800. The molecule has 0 spiro atoms. The van der Waals surface area contributed by atoms with Gasteiger partial charge in [-0.1, -0.05) is 0 Å². The van der Waals surface area contributed by atoms with Crippen LogP contribution in [-0.2, 0) is 11.3 Å². The van der Waals surface area contributed by atoms with Gasteiger partial charge in [0, 0.05) is 37.7 Å². The Balaban J connectivity index is 2.43. The highest BCUT2D eigenvalue weighted by Crippen LogP contribution is 2.13. The van der Waals surface area contributed by atoms with Crippen LogP contribution in [-0.4, -0.2) is 24.8 Å². The lowest BCUT2D eigenvalue weighted by atomic mass is 10.2. The summed E-state index contributed by atoms with van der Waals surface area (Å²) in [5.74, 6) is 0. The Morgan fingerprint density at radius 2 is 2.33 bits per heavy atom. The zero-order valence-electron chi connectivity index (χ0n) is 9.99. The molecule has 0 saturated heterocycles. The second kappa shape index (κ2) is 6.64. The molecule has 0 fully saturated rings. The molecule has 0 aliphatic carbocycles. The molecule has 86 valence electrons. The summed E-state index contributed by atoms with van der Waals surface area (Å²) in [7, 11) is 1.99. The Bertz CT molecular complexity index is 270. The van der Waals surface area contributed by atoms with Crippen molar-refractivity contribution >= 4 is 0 Å². The monoisotopic (exact) mass is 210 g/mol. The van der Waals surface area contributed by atoms with E-state index in [0.717, 1.165) is 26.2 Å². The molecule has 3 nitrogen and oxygen atoms in total. The van der Waals surface area contributed by atoms with E-state index in [0.29, 0.717) is 6.04 Å². The van der Waals surface area contributed by atoms with Gasteiger partial charge in [0.1, 0.15) is 0 Å². The molecule has 0 aliphatic rings. The average Bonchev–Trinajstić information content (AvgIpc) is 2.71. The van der Waals surface area contributed by atoms with Crippen LogP contribution in [0.15, 0.2) is 18.3 Å². The summed E-state index contributed by atoms with van der Waals surface area (Å²) in [6.07, 6.45) is 3.21. The van der Waals surface area contributed by atoms with Gasteiger partial charge in [-0.25, -0.2) is 0 Å². The smallest absolute Gasteiger partial charge is 0.0482 e. The maximum absolute atomic E-state index is 5.33. The Morgan fingerprint density at radius 1 is 1.53 bits per heavy atom. The van der Waals surface area contributed by atoms with E-state index in [1.807, 2.05) is 14.0 Å². The van der Waals surface area contributed by atoms with Gasteiger partial charge in [-0.3, -0.25) is 0 Å². The van der Waals surface area contributed by atoms with Crippen LogP contribution < -0.4 is 5.32 Å². The van der Waals surface area contributed by atoms with Gasteiger partial charge in [0.25, 0.3) is 0 Å². The van der Waals surface area contributed by atoms with Crippen LogP contribution in [0.2, 0.25) is 0 Å². The zero-order chi connectivity index (χ0) is 11.1. The van der Waals surface area contributed by atoms with Crippen LogP contribution in [0.1, 0.15) is 32.0 Å². The zero-order valence-corrected chi connectivity index (χ0v) is 9.99. The molecule has 0 bridgehead atoms. The molecule has 0 aromatic carbocycles. The number of hydrogen-bond donors (Lipinski definition) is 1. The number of nitrogens with one attached hydrogen (secondary N) is 1. The maximum Gasteiger partial charge on any atom is 0.0482 e. The first-order valence-corrected chi connectivity index (χ1v) is 5.69. The Morgan fingerprint density at radius 3 is 3.00 bits per heavy atom. The van der Waals surface area contributed by atoms with Gasteiger partial charge >= 0.3 is 0 Å². The third kappa shape index (κ3) is 3.68. The van der Waals surface area contributed by atoms with Crippen LogP contribution in [0.25, 0.3) is 0 Å². The van der Waals surface area contributed by atoms with Gasteiger partial charge in [-0.2, -0.15) is 0 Å². The quantitative estimate of drug-likeness (QED) is 0.698. The summed E-state index contributed by atoms with van der Waals surface area (Å²) in [4.78, 5) is 0. The highest BCUT2D eigenvalue weighted by atomic mass is 16.5. The van der Waals surface area contributed by atoms with Crippen molar-refractivity contribution in [1.29, 1.82) is 0 Å². The largest absolute Gasteiger partial charge is 0.382 e. The molecule has 1 heterocycles. The normalized spacial score (nSPS) is 13.0. The number of nitrogens with zero attached hydrogens (tertiary/aromatic N) is 1. The molecule has 1 aromatic heterocycles. The highest BCUT2D eigenvalue weighted by Gasteiger charge is 2.06. The van der Waals surface area contributed by atoms with Crippen LogP contribution in [0.3, 0.4) is 0 Å². The predicted molar refractivity (Wildman–Crippen MR) is 63.0 cm³/mol. The van der Waals surface area contributed by atoms with Crippen molar-refractivity contribution in [1.82, 2.24) is 9.88 Å². The topological polar surface area (TPSA) is 26.2 Å². The third-order valence-corrected chi connectivity index (χ3v) is 2.63. The van der Waals surface area contributed by atoms with Gasteiger partial charge in [0.05, 0.1) is 0 Å². The minimum Gasteiger partial charge on any atom is -0.382 e. The van der Waals surface area contributed by atoms with Crippen LogP contribution >= 0.6 is 0 Å². The Kier molecular flexibility index (Phi) is 5.43. The SMILES string of the molecule is CCOCCCn1cccc1C(C)NC. The van der Waals surface area contributed by atoms with Crippen molar-refractivity contribution in [3.8, 4) is 0 Å². The fourth-order valence-electron chi connectivity index (χ4n) is 1.65. The summed E-state index contributed by atoms with van der Waals surface area (Å²) in [6.45, 7) is 6.90. The van der Waals surface area contributed by atoms with E-state index < -0.39 is 0 Å². The van der Waals surface area contributed by atoms with Gasteiger partial charge in [-0.15, -0.1) is 0 Å². The fourth-order valence-corrected chi connectivity index (χ4v) is 1.65. The van der Waals surface area contributed by atoms with Crippen molar-refractivity contribution in [2.45, 2.75) is 32.9 Å². The second-order valence-corrected chi connectivity index (χ2v) is 3.69. The molecule has 1 N–H and O–H groups in total. The lowest BCUT2D eigenvalue weighted by molar-refractivity contribution is 0.141. The predicted octanol–water partition coefficient (Wildman–Crippen LogP) is 2.20. The van der Waals surface area contributed by atoms with Crippen molar-refractivity contribution < 1.29 is 4.74 Å². The summed E-state index contributed by atoms with van der Waals surface area (Å²) < 4.78 is 7.62. The van der Waals surface area contributed by atoms with E-state index in [-0.39, 0.29) is 0 Å². The molecule has 1 unspecified atom stereocenters. The molecule has 0 radical (unpaired) electrons. The standard InChI is InChI=1S/C12H22N2O/c1-4-15-10-6-9-14-8-5-7-12(14)11(2)13-3/h5,7-8,11,13H,4,6,9-10H2,1-3H3. The third-order valence-electron chi connectivity index (χ3n) is 2.63. The van der Waals surface area contributed by atoms with E-state index >= 15 is 0 Å². The lowest BCUT2D eigenvalue weighted by Gasteiger charge is -2.14. The molecule has 0 saturated carbocycles. The fraction of sp³-hybridized carbons (Fsp3) is 0.667. The Labute approximate surface area is 92.4 Å². The minimum atomic E-state index is 0.409. The van der Waals surface area contributed by atoms with Gasteiger partial charge in [0.15, 0.2) is 0 Å². The summed E-state index contributed by atoms with van der Waals surface area (Å²) in [6, 6.07) is 4.68. The van der Waals surface area contributed by atoms with Crippen LogP contribution in [0, 0.1) is 0 Å². The first kappa shape index (κ1) is 12.3. The number of rotatable bonds is 7. The van der Waals surface area contributed by atoms with Crippen molar-refractivity contribution in [2.24, 2.45) is 0 Å². The van der Waals surface area contributed by atoms with E-state index in [9.17, 15) is 0 Å². The second-order valence-electron chi connectivity index (χ2n) is 3.69. The van der Waals surface area contributed by atoms with Crippen LogP contribution in [0.5, 0.6) is 0 Å². The maximum atomic E-state index is 5.33. The molecule has 0 amide bonds.